The monoisotopic (exact) mass is 361 g/mol. The van der Waals surface area contributed by atoms with Gasteiger partial charge in [0.15, 0.2) is 0 Å². The van der Waals surface area contributed by atoms with Gasteiger partial charge in [-0.1, -0.05) is 19.3 Å². The van der Waals surface area contributed by atoms with E-state index < -0.39 is 0 Å². The molecule has 26 heavy (non-hydrogen) atoms. The lowest BCUT2D eigenvalue weighted by atomic mass is 9.69. The highest BCUT2D eigenvalue weighted by Crippen LogP contribution is 2.42. The summed E-state index contributed by atoms with van der Waals surface area (Å²) in [5.74, 6) is 2.04. The molecule has 0 unspecified atom stereocenters. The number of carbonyl (C=O) groups excluding carboxylic acids is 1. The first-order valence-electron chi connectivity index (χ1n) is 11.5. The third-order valence-electron chi connectivity index (χ3n) is 7.80. The van der Waals surface area contributed by atoms with Gasteiger partial charge in [-0.05, 0) is 83.3 Å². The summed E-state index contributed by atoms with van der Waals surface area (Å²) in [5.41, 5.74) is 0. The van der Waals surface area contributed by atoms with Crippen molar-refractivity contribution in [3.63, 3.8) is 0 Å². The lowest BCUT2D eigenvalue weighted by Gasteiger charge is -2.57. The number of nitrogens with zero attached hydrogens (tertiary/aromatic N) is 2. The molecule has 0 aromatic heterocycles. The van der Waals surface area contributed by atoms with Crippen LogP contribution in [-0.2, 0) is 4.79 Å². The zero-order valence-corrected chi connectivity index (χ0v) is 16.8. The number of rotatable bonds is 5. The normalized spacial score (nSPS) is 36.5. The molecule has 3 saturated heterocycles. The summed E-state index contributed by atoms with van der Waals surface area (Å²) in [6.45, 7) is 3.94. The van der Waals surface area contributed by atoms with E-state index >= 15 is 0 Å². The molecular formula is C22H39N3O. The molecule has 3 aliphatic heterocycles. The topological polar surface area (TPSA) is 35.6 Å². The van der Waals surface area contributed by atoms with Crippen molar-refractivity contribution in [2.24, 2.45) is 11.8 Å². The minimum Gasteiger partial charge on any atom is -0.353 e. The SMILES string of the molecule is CN1C[C@@H]2CCCN3CCC[C@@H]([C@H]23)[C@H]1CCCC(=O)NC1CCCCC1. The van der Waals surface area contributed by atoms with Crippen molar-refractivity contribution in [1.29, 1.82) is 0 Å². The second kappa shape index (κ2) is 8.60. The molecule has 0 aromatic rings. The van der Waals surface area contributed by atoms with Crippen LogP contribution in [0.1, 0.15) is 77.0 Å². The Morgan fingerprint density at radius 1 is 1.00 bits per heavy atom. The highest BCUT2D eigenvalue weighted by Gasteiger charge is 2.47. The van der Waals surface area contributed by atoms with Gasteiger partial charge in [-0.15, -0.1) is 0 Å². The van der Waals surface area contributed by atoms with Gasteiger partial charge in [0.25, 0.3) is 0 Å². The maximum Gasteiger partial charge on any atom is 0.220 e. The molecule has 4 atom stereocenters. The summed E-state index contributed by atoms with van der Waals surface area (Å²) in [5, 5.41) is 3.30. The van der Waals surface area contributed by atoms with Crippen LogP contribution in [0.4, 0.5) is 0 Å². The van der Waals surface area contributed by atoms with Crippen molar-refractivity contribution in [2.45, 2.75) is 95.2 Å². The minimum absolute atomic E-state index is 0.302. The molecule has 0 spiro atoms. The summed E-state index contributed by atoms with van der Waals surface area (Å²) in [6.07, 6.45) is 14.9. The Balaban J connectivity index is 1.27. The molecule has 0 aromatic carbocycles. The fraction of sp³-hybridized carbons (Fsp3) is 0.955. The van der Waals surface area contributed by atoms with E-state index in [4.69, 9.17) is 0 Å². The zero-order valence-electron chi connectivity index (χ0n) is 16.8. The van der Waals surface area contributed by atoms with Crippen LogP contribution < -0.4 is 5.32 Å². The Kier molecular flexibility index (Phi) is 6.20. The molecule has 1 saturated carbocycles. The molecule has 0 bridgehead atoms. The minimum atomic E-state index is 0.302. The van der Waals surface area contributed by atoms with Gasteiger partial charge in [0.05, 0.1) is 0 Å². The van der Waals surface area contributed by atoms with Crippen LogP contribution in [0.15, 0.2) is 0 Å². The van der Waals surface area contributed by atoms with Gasteiger partial charge in [-0.25, -0.2) is 0 Å². The van der Waals surface area contributed by atoms with E-state index in [2.05, 4.69) is 22.2 Å². The molecule has 4 aliphatic rings. The van der Waals surface area contributed by atoms with Crippen LogP contribution in [0, 0.1) is 11.8 Å². The molecular weight excluding hydrogens is 322 g/mol. The molecule has 1 aliphatic carbocycles. The van der Waals surface area contributed by atoms with Gasteiger partial charge in [-0.2, -0.15) is 0 Å². The predicted molar refractivity (Wildman–Crippen MR) is 106 cm³/mol. The van der Waals surface area contributed by atoms with Gasteiger partial charge < -0.3 is 10.2 Å². The van der Waals surface area contributed by atoms with Gasteiger partial charge in [0.1, 0.15) is 0 Å². The smallest absolute Gasteiger partial charge is 0.220 e. The van der Waals surface area contributed by atoms with Crippen molar-refractivity contribution in [2.75, 3.05) is 26.7 Å². The number of likely N-dealkylation sites (tertiary alicyclic amines) is 1. The standard InChI is InChI=1S/C22H39N3O/c1-24-16-17-8-6-14-25-15-7-11-19(22(17)25)20(24)12-5-13-21(26)23-18-9-3-2-4-10-18/h17-20,22H,2-16H2,1H3,(H,23,26)/t17-,19+,20+,22-/m0/s1. The lowest BCUT2D eigenvalue weighted by Crippen LogP contribution is -2.63. The maximum absolute atomic E-state index is 12.3. The second-order valence-electron chi connectivity index (χ2n) is 9.54. The summed E-state index contributed by atoms with van der Waals surface area (Å²) in [4.78, 5) is 17.8. The number of piperidine rings is 3. The molecule has 148 valence electrons. The number of hydrogen-bond donors (Lipinski definition) is 1. The van der Waals surface area contributed by atoms with E-state index in [1.165, 1.54) is 83.8 Å². The highest BCUT2D eigenvalue weighted by molar-refractivity contribution is 5.76. The summed E-state index contributed by atoms with van der Waals surface area (Å²) < 4.78 is 0. The Morgan fingerprint density at radius 3 is 2.58 bits per heavy atom. The largest absolute Gasteiger partial charge is 0.353 e. The fourth-order valence-electron chi connectivity index (χ4n) is 6.66. The molecule has 4 nitrogen and oxygen atoms in total. The van der Waals surface area contributed by atoms with Crippen molar-refractivity contribution >= 4 is 5.91 Å². The van der Waals surface area contributed by atoms with Crippen LogP contribution in [0.2, 0.25) is 0 Å². The molecule has 3 heterocycles. The van der Waals surface area contributed by atoms with E-state index in [0.717, 1.165) is 30.7 Å². The Hall–Kier alpha value is -0.610. The number of amides is 1. The molecule has 1 amide bonds. The second-order valence-corrected chi connectivity index (χ2v) is 9.54. The Morgan fingerprint density at radius 2 is 1.77 bits per heavy atom. The first-order chi connectivity index (χ1) is 12.7. The summed E-state index contributed by atoms with van der Waals surface area (Å²) in [6, 6.07) is 2.00. The molecule has 4 heteroatoms. The van der Waals surface area contributed by atoms with Crippen molar-refractivity contribution in [3.8, 4) is 0 Å². The average molecular weight is 362 g/mol. The van der Waals surface area contributed by atoms with Gasteiger partial charge >= 0.3 is 0 Å². The molecule has 1 N–H and O–H groups in total. The number of nitrogens with one attached hydrogen (secondary N) is 1. The third kappa shape index (κ3) is 4.11. The Labute approximate surface area is 160 Å². The quantitative estimate of drug-likeness (QED) is 0.815. The lowest BCUT2D eigenvalue weighted by molar-refractivity contribution is -0.122. The first-order valence-corrected chi connectivity index (χ1v) is 11.5. The van der Waals surface area contributed by atoms with Crippen molar-refractivity contribution < 1.29 is 4.79 Å². The number of hydrogen-bond acceptors (Lipinski definition) is 3. The Bertz CT molecular complexity index is 474. The van der Waals surface area contributed by atoms with Crippen LogP contribution >= 0.6 is 0 Å². The average Bonchev–Trinajstić information content (AvgIpc) is 2.65. The highest BCUT2D eigenvalue weighted by atomic mass is 16.1. The van der Waals surface area contributed by atoms with E-state index in [9.17, 15) is 4.79 Å². The van der Waals surface area contributed by atoms with Gasteiger partial charge in [0, 0.05) is 31.1 Å². The van der Waals surface area contributed by atoms with E-state index in [1.54, 1.807) is 0 Å². The fourth-order valence-corrected chi connectivity index (χ4v) is 6.66. The molecule has 4 rings (SSSR count). The summed E-state index contributed by atoms with van der Waals surface area (Å²) in [7, 11) is 2.34. The van der Waals surface area contributed by atoms with E-state index in [-0.39, 0.29) is 0 Å². The van der Waals surface area contributed by atoms with Crippen LogP contribution in [0.25, 0.3) is 0 Å². The van der Waals surface area contributed by atoms with Crippen molar-refractivity contribution in [1.82, 2.24) is 15.1 Å². The number of carbonyl (C=O) groups is 1. The molecule has 0 radical (unpaired) electrons. The van der Waals surface area contributed by atoms with Crippen molar-refractivity contribution in [3.05, 3.63) is 0 Å². The predicted octanol–water partition coefficient (Wildman–Crippen LogP) is 3.41. The maximum atomic E-state index is 12.3. The summed E-state index contributed by atoms with van der Waals surface area (Å²) >= 11 is 0. The van der Waals surface area contributed by atoms with Crippen LogP contribution in [0.5, 0.6) is 0 Å². The van der Waals surface area contributed by atoms with Crippen LogP contribution in [0.3, 0.4) is 0 Å². The van der Waals surface area contributed by atoms with E-state index in [0.29, 0.717) is 18.0 Å². The zero-order chi connectivity index (χ0) is 17.9. The third-order valence-corrected chi connectivity index (χ3v) is 7.80. The van der Waals surface area contributed by atoms with Gasteiger partial charge in [0.2, 0.25) is 5.91 Å². The van der Waals surface area contributed by atoms with Gasteiger partial charge in [-0.3, -0.25) is 9.69 Å². The first kappa shape index (κ1) is 18.7. The van der Waals surface area contributed by atoms with E-state index in [1.807, 2.05) is 0 Å². The molecule has 4 fully saturated rings. The van der Waals surface area contributed by atoms with Crippen LogP contribution in [-0.4, -0.2) is 60.5 Å².